The monoisotopic (exact) mass is 453 g/mol. The molecule has 32 heavy (non-hydrogen) atoms. The smallest absolute Gasteiger partial charge is 0.261 e. The Kier molecular flexibility index (Phi) is 7.01. The average Bonchev–Trinajstić information content (AvgIpc) is 2.75. The number of allylic oxidation sites excluding steroid dienone is 1. The zero-order valence-corrected chi connectivity index (χ0v) is 16.9. The molecule has 0 unspecified atom stereocenters. The predicted molar refractivity (Wildman–Crippen MR) is 108 cm³/mol. The molecule has 0 aliphatic rings. The van der Waals surface area contributed by atoms with Crippen LogP contribution in [-0.2, 0) is 19.0 Å². The maximum atomic E-state index is 13.9. The second-order valence-corrected chi connectivity index (χ2v) is 7.12. The van der Waals surface area contributed by atoms with Crippen LogP contribution in [0.5, 0.6) is 0 Å². The number of pyridine rings is 1. The first-order chi connectivity index (χ1) is 15.1. The molecule has 0 saturated carbocycles. The largest absolute Gasteiger partial charge is 0.422 e. The maximum absolute atomic E-state index is 13.9. The molecule has 1 nitrogen and oxygen atoms in total. The minimum atomic E-state index is -5.10. The lowest BCUT2D eigenvalue weighted by atomic mass is 10.0. The van der Waals surface area contributed by atoms with Gasteiger partial charge in [0.1, 0.15) is 23.0 Å². The van der Waals surface area contributed by atoms with Crippen LogP contribution in [0.2, 0.25) is 0 Å². The molecule has 8 heteroatoms. The van der Waals surface area contributed by atoms with Crippen molar-refractivity contribution in [2.24, 2.45) is 0 Å². The lowest BCUT2D eigenvalue weighted by molar-refractivity contribution is -0.142. The molecule has 0 spiro atoms. The number of halogens is 7. The van der Waals surface area contributed by atoms with E-state index in [1.54, 1.807) is 30.5 Å². The predicted octanol–water partition coefficient (Wildman–Crippen LogP) is 7.85. The van der Waals surface area contributed by atoms with Crippen molar-refractivity contribution >= 4 is 5.83 Å². The lowest BCUT2D eigenvalue weighted by Gasteiger charge is -2.11. The summed E-state index contributed by atoms with van der Waals surface area (Å²) >= 11 is 0. The fourth-order valence-electron chi connectivity index (χ4n) is 3.18. The first kappa shape index (κ1) is 23.5. The van der Waals surface area contributed by atoms with Gasteiger partial charge >= 0.3 is 6.18 Å². The van der Waals surface area contributed by atoms with Crippen LogP contribution in [0, 0.1) is 11.6 Å². The number of aromatic nitrogens is 1. The van der Waals surface area contributed by atoms with E-state index in [9.17, 15) is 30.7 Å². The normalized spacial score (nSPS) is 12.6. The average molecular weight is 453 g/mol. The SMILES string of the molecule is CC/C(F)=C(\F)c1ccc(-c2ccc(CCc3cc(F)c(C(F)(F)F)c(F)c3)nc2)cc1. The Morgan fingerprint density at radius 3 is 1.94 bits per heavy atom. The summed E-state index contributed by atoms with van der Waals surface area (Å²) in [4.78, 5) is 4.26. The van der Waals surface area contributed by atoms with E-state index in [0.717, 1.165) is 5.56 Å². The molecule has 1 heterocycles. The Hall–Kier alpha value is -3.16. The van der Waals surface area contributed by atoms with Crippen molar-refractivity contribution in [1.29, 1.82) is 0 Å². The van der Waals surface area contributed by atoms with Gasteiger partial charge in [-0.05, 0) is 48.6 Å². The zero-order valence-electron chi connectivity index (χ0n) is 16.9. The van der Waals surface area contributed by atoms with Gasteiger partial charge in [0, 0.05) is 23.0 Å². The van der Waals surface area contributed by atoms with Crippen LogP contribution in [0.3, 0.4) is 0 Å². The van der Waals surface area contributed by atoms with Gasteiger partial charge in [0.25, 0.3) is 0 Å². The van der Waals surface area contributed by atoms with E-state index in [1.165, 1.54) is 19.1 Å². The van der Waals surface area contributed by atoms with E-state index in [-0.39, 0.29) is 30.4 Å². The van der Waals surface area contributed by atoms with Gasteiger partial charge in [0.15, 0.2) is 5.83 Å². The highest BCUT2D eigenvalue weighted by Gasteiger charge is 2.37. The Morgan fingerprint density at radius 2 is 1.44 bits per heavy atom. The number of hydrogen-bond donors (Lipinski definition) is 0. The minimum absolute atomic E-state index is 0.0370. The van der Waals surface area contributed by atoms with Gasteiger partial charge in [0.05, 0.1) is 0 Å². The summed E-state index contributed by atoms with van der Waals surface area (Å²) in [5, 5.41) is 0. The third-order valence-corrected chi connectivity index (χ3v) is 4.90. The Bertz CT molecular complexity index is 1090. The van der Waals surface area contributed by atoms with Crippen molar-refractivity contribution in [3.05, 3.63) is 94.6 Å². The van der Waals surface area contributed by atoms with E-state index in [1.807, 2.05) is 0 Å². The number of benzene rings is 2. The summed E-state index contributed by atoms with van der Waals surface area (Å²) in [6, 6.07) is 10.9. The fourth-order valence-corrected chi connectivity index (χ4v) is 3.18. The van der Waals surface area contributed by atoms with Crippen molar-refractivity contribution in [2.45, 2.75) is 32.4 Å². The van der Waals surface area contributed by atoms with Gasteiger partial charge in [-0.3, -0.25) is 4.98 Å². The molecule has 1 aromatic heterocycles. The van der Waals surface area contributed by atoms with Crippen LogP contribution in [-0.4, -0.2) is 4.98 Å². The molecule has 0 saturated heterocycles. The first-order valence-electron chi connectivity index (χ1n) is 9.75. The highest BCUT2D eigenvalue weighted by atomic mass is 19.4. The van der Waals surface area contributed by atoms with Crippen LogP contribution < -0.4 is 0 Å². The highest BCUT2D eigenvalue weighted by Crippen LogP contribution is 2.34. The quantitative estimate of drug-likeness (QED) is 0.347. The van der Waals surface area contributed by atoms with Crippen molar-refractivity contribution in [3.63, 3.8) is 0 Å². The minimum Gasteiger partial charge on any atom is -0.261 e. The number of rotatable bonds is 6. The number of aryl methyl sites for hydroxylation is 2. The Morgan fingerprint density at radius 1 is 0.844 bits per heavy atom. The van der Waals surface area contributed by atoms with Crippen molar-refractivity contribution in [3.8, 4) is 11.1 Å². The summed E-state index contributed by atoms with van der Waals surface area (Å²) in [6.45, 7) is 1.51. The van der Waals surface area contributed by atoms with Crippen LogP contribution >= 0.6 is 0 Å². The standard InChI is InChI=1S/C24H18F7N/c1-2-19(25)23(28)16-6-4-15(5-7-16)17-8-10-18(32-13-17)9-3-14-11-20(26)22(21(27)12-14)24(29,30)31/h4-8,10-13H,2-3,9H2,1H3/b23-19+. The molecular weight excluding hydrogens is 435 g/mol. The zero-order chi connectivity index (χ0) is 23.5. The van der Waals surface area contributed by atoms with Crippen LogP contribution in [0.15, 0.2) is 60.6 Å². The molecule has 0 aliphatic heterocycles. The van der Waals surface area contributed by atoms with Crippen molar-refractivity contribution in [2.75, 3.05) is 0 Å². The molecule has 0 atom stereocenters. The molecular formula is C24H18F7N. The summed E-state index contributed by atoms with van der Waals surface area (Å²) in [6.07, 6.45) is -3.23. The molecule has 0 aliphatic carbocycles. The molecule has 2 aromatic carbocycles. The van der Waals surface area contributed by atoms with Crippen LogP contribution in [0.4, 0.5) is 30.7 Å². The summed E-state index contributed by atoms with van der Waals surface area (Å²) < 4.78 is 92.6. The van der Waals surface area contributed by atoms with E-state index in [2.05, 4.69) is 4.98 Å². The molecule has 3 aromatic rings. The molecule has 168 valence electrons. The number of alkyl halides is 3. The van der Waals surface area contributed by atoms with E-state index in [4.69, 9.17) is 0 Å². The van der Waals surface area contributed by atoms with Gasteiger partial charge in [-0.1, -0.05) is 37.3 Å². The summed E-state index contributed by atoms with van der Waals surface area (Å²) in [5.41, 5.74) is 0.335. The van der Waals surface area contributed by atoms with Gasteiger partial charge in [-0.15, -0.1) is 0 Å². The Balaban J connectivity index is 1.69. The Labute approximate surface area is 180 Å². The number of hydrogen-bond acceptors (Lipinski definition) is 1. The van der Waals surface area contributed by atoms with Gasteiger partial charge in [0.2, 0.25) is 0 Å². The molecule has 3 rings (SSSR count). The van der Waals surface area contributed by atoms with Crippen LogP contribution in [0.1, 0.15) is 35.7 Å². The van der Waals surface area contributed by atoms with Gasteiger partial charge in [-0.25, -0.2) is 17.6 Å². The summed E-state index contributed by atoms with van der Waals surface area (Å²) in [5.74, 6) is -5.02. The van der Waals surface area contributed by atoms with E-state index >= 15 is 0 Å². The topological polar surface area (TPSA) is 12.9 Å². The van der Waals surface area contributed by atoms with Gasteiger partial charge < -0.3 is 0 Å². The fraction of sp³-hybridized carbons (Fsp3) is 0.208. The maximum Gasteiger partial charge on any atom is 0.422 e. The van der Waals surface area contributed by atoms with E-state index in [0.29, 0.717) is 23.4 Å². The molecule has 0 N–H and O–H groups in total. The second kappa shape index (κ2) is 9.54. The molecule has 0 radical (unpaired) electrons. The van der Waals surface area contributed by atoms with Gasteiger partial charge in [-0.2, -0.15) is 13.2 Å². The molecule has 0 amide bonds. The third-order valence-electron chi connectivity index (χ3n) is 4.90. The third kappa shape index (κ3) is 5.36. The molecule has 0 fully saturated rings. The number of nitrogens with zero attached hydrogens (tertiary/aromatic N) is 1. The summed E-state index contributed by atoms with van der Waals surface area (Å²) in [7, 11) is 0. The second-order valence-electron chi connectivity index (χ2n) is 7.12. The first-order valence-corrected chi connectivity index (χ1v) is 9.75. The van der Waals surface area contributed by atoms with E-state index < -0.39 is 35.0 Å². The van der Waals surface area contributed by atoms with Crippen molar-refractivity contribution < 1.29 is 30.7 Å². The lowest BCUT2D eigenvalue weighted by Crippen LogP contribution is -2.12. The van der Waals surface area contributed by atoms with Crippen LogP contribution in [0.25, 0.3) is 17.0 Å². The molecule has 0 bridgehead atoms. The highest BCUT2D eigenvalue weighted by molar-refractivity contribution is 5.68. The van der Waals surface area contributed by atoms with Crippen molar-refractivity contribution in [1.82, 2.24) is 4.98 Å².